The van der Waals surface area contributed by atoms with E-state index in [0.717, 1.165) is 0 Å². The first-order valence-electron chi connectivity index (χ1n) is 8.64. The van der Waals surface area contributed by atoms with Crippen LogP contribution in [0, 0.1) is 0 Å². The van der Waals surface area contributed by atoms with Crippen LogP contribution in [0.4, 0.5) is 13.2 Å². The summed E-state index contributed by atoms with van der Waals surface area (Å²) in [6.07, 6.45) is -0.265. The number of nitrogens with one attached hydrogen (secondary N) is 2. The van der Waals surface area contributed by atoms with Crippen molar-refractivity contribution in [2.24, 2.45) is 12.0 Å². The van der Waals surface area contributed by atoms with Crippen molar-refractivity contribution in [1.29, 1.82) is 0 Å². The van der Waals surface area contributed by atoms with Gasteiger partial charge in [-0.15, -0.1) is 24.0 Å². The minimum Gasteiger partial charge on any atom is -0.383 e. The lowest BCUT2D eigenvalue weighted by Crippen LogP contribution is -2.45. The molecule has 7 nitrogen and oxygen atoms in total. The van der Waals surface area contributed by atoms with Crippen LogP contribution in [0.3, 0.4) is 0 Å². The number of rotatable bonds is 6. The zero-order valence-electron chi connectivity index (χ0n) is 15.8. The third-order valence-corrected chi connectivity index (χ3v) is 4.23. The van der Waals surface area contributed by atoms with Crippen LogP contribution in [0.25, 0.3) is 0 Å². The Kier molecular flexibility index (Phi) is 8.80. The Balaban J connectivity index is 0.00000364. The number of hydrogen-bond donors (Lipinski definition) is 3. The molecular weight excluding hydrogens is 476 g/mol. The Morgan fingerprint density at radius 2 is 2.15 bits per heavy atom. The van der Waals surface area contributed by atoms with Crippen LogP contribution in [0.15, 0.2) is 17.4 Å². The molecule has 0 bridgehead atoms. The van der Waals surface area contributed by atoms with Gasteiger partial charge in [-0.1, -0.05) is 0 Å². The summed E-state index contributed by atoms with van der Waals surface area (Å²) in [5.74, 6) is 0.482. The maximum atomic E-state index is 12.5. The number of likely N-dealkylation sites (tertiary alicyclic amines) is 1. The van der Waals surface area contributed by atoms with E-state index in [1.807, 2.05) is 6.92 Å². The molecule has 0 radical (unpaired) electrons. The molecule has 0 aliphatic carbocycles. The maximum Gasteiger partial charge on any atom is 0.401 e. The van der Waals surface area contributed by atoms with Crippen LogP contribution in [0.2, 0.25) is 0 Å². The zero-order chi connectivity index (χ0) is 19.4. The highest BCUT2D eigenvalue weighted by atomic mass is 127. The number of guanidine groups is 1. The van der Waals surface area contributed by atoms with Gasteiger partial charge in [-0.25, -0.2) is 4.99 Å². The number of halogens is 4. The van der Waals surface area contributed by atoms with Crippen molar-refractivity contribution in [2.45, 2.75) is 38.1 Å². The number of aliphatic hydroxyl groups is 1. The van der Waals surface area contributed by atoms with Crippen molar-refractivity contribution in [2.75, 3.05) is 32.7 Å². The lowest BCUT2D eigenvalue weighted by Gasteiger charge is -2.22. The lowest BCUT2D eigenvalue weighted by atomic mass is 10.0. The summed E-state index contributed by atoms with van der Waals surface area (Å²) in [5.41, 5.74) is -0.536. The van der Waals surface area contributed by atoms with E-state index in [0.29, 0.717) is 37.6 Å². The first kappa shape index (κ1) is 24.0. The molecule has 1 aliphatic heterocycles. The summed E-state index contributed by atoms with van der Waals surface area (Å²) < 4.78 is 39.1. The number of nitrogens with zero attached hydrogens (tertiary/aromatic N) is 4. The number of aliphatic imine (C=N–C) groups is 1. The van der Waals surface area contributed by atoms with E-state index < -0.39 is 18.3 Å². The van der Waals surface area contributed by atoms with Gasteiger partial charge in [-0.05, 0) is 20.3 Å². The SMILES string of the molecule is CCNC(=NCC(C)(O)c1cnn(C)c1)NC1CCN(CC(F)(F)F)C1.I. The Morgan fingerprint density at radius 1 is 1.44 bits per heavy atom. The fourth-order valence-electron chi connectivity index (χ4n) is 2.88. The van der Waals surface area contributed by atoms with Crippen LogP contribution < -0.4 is 10.6 Å². The van der Waals surface area contributed by atoms with Gasteiger partial charge >= 0.3 is 6.18 Å². The molecule has 0 spiro atoms. The fraction of sp³-hybridized carbons (Fsp3) is 0.750. The molecule has 1 aromatic heterocycles. The smallest absolute Gasteiger partial charge is 0.383 e. The topological polar surface area (TPSA) is 77.7 Å². The lowest BCUT2D eigenvalue weighted by molar-refractivity contribution is -0.143. The first-order valence-corrected chi connectivity index (χ1v) is 8.64. The van der Waals surface area contributed by atoms with Gasteiger partial charge in [0.25, 0.3) is 0 Å². The Labute approximate surface area is 174 Å². The van der Waals surface area contributed by atoms with Gasteiger partial charge in [0.2, 0.25) is 0 Å². The van der Waals surface area contributed by atoms with Gasteiger partial charge in [0.05, 0.1) is 19.3 Å². The molecule has 1 saturated heterocycles. The van der Waals surface area contributed by atoms with Crippen molar-refractivity contribution < 1.29 is 18.3 Å². The summed E-state index contributed by atoms with van der Waals surface area (Å²) >= 11 is 0. The number of aromatic nitrogens is 2. The van der Waals surface area contributed by atoms with E-state index in [1.165, 1.54) is 4.90 Å². The molecule has 27 heavy (non-hydrogen) atoms. The molecule has 11 heteroatoms. The van der Waals surface area contributed by atoms with E-state index in [1.54, 1.807) is 31.0 Å². The molecule has 2 rings (SSSR count). The highest BCUT2D eigenvalue weighted by molar-refractivity contribution is 14.0. The Morgan fingerprint density at radius 3 is 2.70 bits per heavy atom. The standard InChI is InChI=1S/C16H27F3N6O.HI/c1-4-20-14(21-10-15(2,26)12-7-22-24(3)8-12)23-13-5-6-25(9-13)11-16(17,18)19;/h7-8,13,26H,4-6,9-11H2,1-3H3,(H2,20,21,23);1H. The summed E-state index contributed by atoms with van der Waals surface area (Å²) in [5, 5.41) is 20.9. The monoisotopic (exact) mass is 504 g/mol. The maximum absolute atomic E-state index is 12.5. The molecule has 1 aromatic rings. The normalized spacial score (nSPS) is 20.9. The van der Waals surface area contributed by atoms with Crippen molar-refractivity contribution in [3.05, 3.63) is 18.0 Å². The Bertz CT molecular complexity index is 620. The Hall–Kier alpha value is -1.08. The fourth-order valence-corrected chi connectivity index (χ4v) is 2.88. The quantitative estimate of drug-likeness (QED) is 0.311. The van der Waals surface area contributed by atoms with E-state index in [-0.39, 0.29) is 36.6 Å². The van der Waals surface area contributed by atoms with Gasteiger partial charge < -0.3 is 15.7 Å². The van der Waals surface area contributed by atoms with Crippen LogP contribution in [0.5, 0.6) is 0 Å². The van der Waals surface area contributed by atoms with Gasteiger partial charge in [0, 0.05) is 44.5 Å². The van der Waals surface area contributed by atoms with Crippen molar-refractivity contribution in [3.63, 3.8) is 0 Å². The average Bonchev–Trinajstić information content (AvgIpc) is 3.13. The second-order valence-corrected chi connectivity index (χ2v) is 6.85. The summed E-state index contributed by atoms with van der Waals surface area (Å²) in [6.45, 7) is 4.08. The van der Waals surface area contributed by atoms with E-state index >= 15 is 0 Å². The number of hydrogen-bond acceptors (Lipinski definition) is 4. The minimum absolute atomic E-state index is 0. The van der Waals surface area contributed by atoms with Crippen molar-refractivity contribution in [1.82, 2.24) is 25.3 Å². The predicted octanol–water partition coefficient (Wildman–Crippen LogP) is 1.44. The number of aryl methyl sites for hydroxylation is 1. The van der Waals surface area contributed by atoms with Crippen LogP contribution in [-0.4, -0.2) is 70.7 Å². The molecule has 0 saturated carbocycles. The third-order valence-electron chi connectivity index (χ3n) is 4.23. The summed E-state index contributed by atoms with van der Waals surface area (Å²) in [4.78, 5) is 5.78. The molecule has 2 unspecified atom stereocenters. The second kappa shape index (κ2) is 9.92. The molecule has 2 atom stereocenters. The van der Waals surface area contributed by atoms with Crippen LogP contribution >= 0.6 is 24.0 Å². The molecule has 3 N–H and O–H groups in total. The van der Waals surface area contributed by atoms with Gasteiger partial charge in [-0.3, -0.25) is 9.58 Å². The van der Waals surface area contributed by atoms with Gasteiger partial charge in [0.15, 0.2) is 5.96 Å². The zero-order valence-corrected chi connectivity index (χ0v) is 18.1. The van der Waals surface area contributed by atoms with Crippen molar-refractivity contribution in [3.8, 4) is 0 Å². The molecule has 0 aromatic carbocycles. The van der Waals surface area contributed by atoms with Gasteiger partial charge in [-0.2, -0.15) is 18.3 Å². The number of alkyl halides is 3. The molecule has 1 aliphatic rings. The highest BCUT2D eigenvalue weighted by Crippen LogP contribution is 2.21. The highest BCUT2D eigenvalue weighted by Gasteiger charge is 2.34. The summed E-state index contributed by atoms with van der Waals surface area (Å²) in [7, 11) is 1.77. The van der Waals surface area contributed by atoms with Gasteiger partial charge in [0.1, 0.15) is 5.60 Å². The molecule has 156 valence electrons. The predicted molar refractivity (Wildman–Crippen MR) is 108 cm³/mol. The van der Waals surface area contributed by atoms with E-state index in [2.05, 4.69) is 20.7 Å². The third kappa shape index (κ3) is 7.82. The first-order chi connectivity index (χ1) is 12.1. The molecule has 1 fully saturated rings. The summed E-state index contributed by atoms with van der Waals surface area (Å²) in [6, 6.07) is -0.113. The van der Waals surface area contributed by atoms with Crippen LogP contribution in [0.1, 0.15) is 25.8 Å². The van der Waals surface area contributed by atoms with Crippen molar-refractivity contribution >= 4 is 29.9 Å². The van der Waals surface area contributed by atoms with Crippen LogP contribution in [-0.2, 0) is 12.6 Å². The molecular formula is C16H28F3IN6O. The van der Waals surface area contributed by atoms with E-state index in [9.17, 15) is 18.3 Å². The largest absolute Gasteiger partial charge is 0.401 e. The average molecular weight is 504 g/mol. The minimum atomic E-state index is -4.18. The van der Waals surface area contributed by atoms with E-state index in [4.69, 9.17) is 0 Å². The molecule has 0 amide bonds. The second-order valence-electron chi connectivity index (χ2n) is 6.85. The molecule has 2 heterocycles.